The first-order chi connectivity index (χ1) is 10.3. The van der Waals surface area contributed by atoms with Crippen LogP contribution in [0, 0.1) is 10.1 Å². The molecule has 0 aliphatic heterocycles. The zero-order chi connectivity index (χ0) is 16.4. The SMILES string of the molecule is CC(C)c1cc(Oc2c(Cl)ccc([N+](=O)[O-])c2Cl)ccc1O. The van der Waals surface area contributed by atoms with Gasteiger partial charge >= 0.3 is 0 Å². The van der Waals surface area contributed by atoms with Crippen LogP contribution in [0.2, 0.25) is 10.0 Å². The number of rotatable bonds is 4. The second-order valence-corrected chi connectivity index (χ2v) is 5.73. The fourth-order valence-corrected chi connectivity index (χ4v) is 2.45. The van der Waals surface area contributed by atoms with E-state index in [1.54, 1.807) is 6.07 Å². The summed E-state index contributed by atoms with van der Waals surface area (Å²) in [6.45, 7) is 3.85. The van der Waals surface area contributed by atoms with Crippen LogP contribution >= 0.6 is 23.2 Å². The lowest BCUT2D eigenvalue weighted by atomic mass is 10.0. The van der Waals surface area contributed by atoms with E-state index in [0.29, 0.717) is 11.3 Å². The van der Waals surface area contributed by atoms with Gasteiger partial charge in [0.05, 0.1) is 9.95 Å². The van der Waals surface area contributed by atoms with E-state index in [1.165, 1.54) is 24.3 Å². The number of benzene rings is 2. The third-order valence-electron chi connectivity index (χ3n) is 3.07. The molecule has 2 aromatic carbocycles. The van der Waals surface area contributed by atoms with Crippen molar-refractivity contribution in [3.63, 3.8) is 0 Å². The Bertz CT molecular complexity index is 732. The van der Waals surface area contributed by atoms with Crippen molar-refractivity contribution in [3.05, 3.63) is 56.1 Å². The molecular weight excluding hydrogens is 329 g/mol. The molecule has 2 rings (SSSR count). The Morgan fingerprint density at radius 1 is 1.23 bits per heavy atom. The monoisotopic (exact) mass is 341 g/mol. The van der Waals surface area contributed by atoms with Crippen LogP contribution in [0.3, 0.4) is 0 Å². The van der Waals surface area contributed by atoms with Gasteiger partial charge in [-0.05, 0) is 30.2 Å². The number of ether oxygens (including phenoxy) is 1. The molecule has 0 aliphatic carbocycles. The lowest BCUT2D eigenvalue weighted by Crippen LogP contribution is -1.94. The standard InChI is InChI=1S/C15H13Cl2NO4/c1-8(2)10-7-9(3-6-13(10)19)22-15-11(16)4-5-12(14(15)17)18(20)21/h3-8,19H,1-2H3. The van der Waals surface area contributed by atoms with E-state index in [2.05, 4.69) is 0 Å². The Morgan fingerprint density at radius 2 is 1.91 bits per heavy atom. The highest BCUT2D eigenvalue weighted by Gasteiger charge is 2.21. The summed E-state index contributed by atoms with van der Waals surface area (Å²) in [6, 6.07) is 7.24. The quantitative estimate of drug-likeness (QED) is 0.586. The predicted molar refractivity (Wildman–Crippen MR) is 85.4 cm³/mol. The molecule has 0 unspecified atom stereocenters. The van der Waals surface area contributed by atoms with Crippen LogP contribution < -0.4 is 4.74 Å². The summed E-state index contributed by atoms with van der Waals surface area (Å²) in [6.07, 6.45) is 0. The van der Waals surface area contributed by atoms with Crippen LogP contribution in [-0.4, -0.2) is 10.0 Å². The Labute approximate surface area is 137 Å². The number of aromatic hydroxyl groups is 1. The smallest absolute Gasteiger partial charge is 0.291 e. The molecule has 0 fully saturated rings. The van der Waals surface area contributed by atoms with Crippen LogP contribution in [0.25, 0.3) is 0 Å². The van der Waals surface area contributed by atoms with Gasteiger partial charge < -0.3 is 9.84 Å². The minimum Gasteiger partial charge on any atom is -0.508 e. The van der Waals surface area contributed by atoms with E-state index < -0.39 is 4.92 Å². The summed E-state index contributed by atoms with van der Waals surface area (Å²) >= 11 is 12.0. The van der Waals surface area contributed by atoms with Gasteiger partial charge in [0.15, 0.2) is 10.8 Å². The van der Waals surface area contributed by atoms with Gasteiger partial charge in [-0.15, -0.1) is 0 Å². The van der Waals surface area contributed by atoms with Crippen LogP contribution in [0.1, 0.15) is 25.3 Å². The molecule has 5 nitrogen and oxygen atoms in total. The maximum Gasteiger partial charge on any atom is 0.291 e. The summed E-state index contributed by atoms with van der Waals surface area (Å²) in [7, 11) is 0. The lowest BCUT2D eigenvalue weighted by Gasteiger charge is -2.13. The fourth-order valence-electron chi connectivity index (χ4n) is 1.93. The van der Waals surface area contributed by atoms with E-state index >= 15 is 0 Å². The van der Waals surface area contributed by atoms with Gasteiger partial charge in [-0.2, -0.15) is 0 Å². The zero-order valence-corrected chi connectivity index (χ0v) is 13.4. The van der Waals surface area contributed by atoms with Gasteiger partial charge in [0.2, 0.25) is 0 Å². The lowest BCUT2D eigenvalue weighted by molar-refractivity contribution is -0.384. The summed E-state index contributed by atoms with van der Waals surface area (Å²) in [4.78, 5) is 10.3. The third kappa shape index (κ3) is 3.26. The molecule has 7 heteroatoms. The van der Waals surface area contributed by atoms with Crippen molar-refractivity contribution in [3.8, 4) is 17.2 Å². The second-order valence-electron chi connectivity index (χ2n) is 4.94. The zero-order valence-electron chi connectivity index (χ0n) is 11.8. The van der Waals surface area contributed by atoms with E-state index in [-0.39, 0.29) is 33.1 Å². The molecule has 0 aliphatic rings. The first-order valence-electron chi connectivity index (χ1n) is 6.44. The van der Waals surface area contributed by atoms with Crippen molar-refractivity contribution < 1.29 is 14.8 Å². The molecule has 0 saturated carbocycles. The van der Waals surface area contributed by atoms with Gasteiger partial charge in [0, 0.05) is 11.6 Å². The maximum atomic E-state index is 10.9. The number of phenolic OH excluding ortho intramolecular Hbond substituents is 1. The molecule has 0 atom stereocenters. The normalized spacial score (nSPS) is 10.8. The Hall–Kier alpha value is -1.98. The number of nitro benzene ring substituents is 1. The third-order valence-corrected chi connectivity index (χ3v) is 3.73. The second kappa shape index (κ2) is 6.42. The highest BCUT2D eigenvalue weighted by atomic mass is 35.5. The van der Waals surface area contributed by atoms with E-state index in [1.807, 2.05) is 13.8 Å². The molecule has 0 saturated heterocycles. The van der Waals surface area contributed by atoms with Crippen molar-refractivity contribution in [1.29, 1.82) is 0 Å². The molecule has 1 N–H and O–H groups in total. The first kappa shape index (κ1) is 16.4. The van der Waals surface area contributed by atoms with Crippen molar-refractivity contribution in [1.82, 2.24) is 0 Å². The molecular formula is C15H13Cl2NO4. The molecule has 116 valence electrons. The van der Waals surface area contributed by atoms with Gasteiger partial charge in [0.25, 0.3) is 5.69 Å². The molecule has 0 amide bonds. The van der Waals surface area contributed by atoms with Crippen molar-refractivity contribution in [2.45, 2.75) is 19.8 Å². The van der Waals surface area contributed by atoms with Crippen molar-refractivity contribution in [2.75, 3.05) is 0 Å². The average molecular weight is 342 g/mol. The first-order valence-corrected chi connectivity index (χ1v) is 7.20. The maximum absolute atomic E-state index is 10.9. The van der Waals surface area contributed by atoms with Gasteiger partial charge in [-0.1, -0.05) is 37.0 Å². The van der Waals surface area contributed by atoms with Crippen molar-refractivity contribution in [2.24, 2.45) is 0 Å². The largest absolute Gasteiger partial charge is 0.508 e. The average Bonchev–Trinajstić information content (AvgIpc) is 2.44. The molecule has 0 bridgehead atoms. The molecule has 2 aromatic rings. The van der Waals surface area contributed by atoms with E-state index in [0.717, 1.165) is 0 Å². The van der Waals surface area contributed by atoms with Gasteiger partial charge in [-0.3, -0.25) is 10.1 Å². The van der Waals surface area contributed by atoms with Crippen LogP contribution in [0.4, 0.5) is 5.69 Å². The number of hydrogen-bond acceptors (Lipinski definition) is 4. The number of hydrogen-bond donors (Lipinski definition) is 1. The molecule has 0 aromatic heterocycles. The Morgan fingerprint density at radius 3 is 2.50 bits per heavy atom. The minimum atomic E-state index is -0.609. The van der Waals surface area contributed by atoms with Crippen LogP contribution in [0.15, 0.2) is 30.3 Å². The highest BCUT2D eigenvalue weighted by Crippen LogP contribution is 2.42. The summed E-state index contributed by atoms with van der Waals surface area (Å²) in [5, 5.41) is 20.7. The van der Waals surface area contributed by atoms with Gasteiger partial charge in [0.1, 0.15) is 11.5 Å². The van der Waals surface area contributed by atoms with Crippen molar-refractivity contribution >= 4 is 28.9 Å². The number of nitrogens with zero attached hydrogens (tertiary/aromatic N) is 1. The topological polar surface area (TPSA) is 72.6 Å². The Balaban J connectivity index is 2.45. The molecule has 0 radical (unpaired) electrons. The van der Waals surface area contributed by atoms with Crippen LogP contribution in [0.5, 0.6) is 17.2 Å². The number of nitro groups is 1. The summed E-state index contributed by atoms with van der Waals surface area (Å²) in [5.41, 5.74) is 0.402. The van der Waals surface area contributed by atoms with Gasteiger partial charge in [-0.25, -0.2) is 0 Å². The Kier molecular flexibility index (Phi) is 4.78. The summed E-state index contributed by atoms with van der Waals surface area (Å²) < 4.78 is 5.60. The number of halogens is 2. The highest BCUT2D eigenvalue weighted by molar-refractivity contribution is 6.38. The van der Waals surface area contributed by atoms with Crippen LogP contribution in [-0.2, 0) is 0 Å². The van der Waals surface area contributed by atoms with E-state index in [4.69, 9.17) is 27.9 Å². The molecule has 0 heterocycles. The fraction of sp³-hybridized carbons (Fsp3) is 0.200. The summed E-state index contributed by atoms with van der Waals surface area (Å²) in [5.74, 6) is 0.627. The van der Waals surface area contributed by atoms with E-state index in [9.17, 15) is 15.2 Å². The molecule has 0 spiro atoms. The predicted octanol–water partition coefficient (Wildman–Crippen LogP) is 5.52. The number of phenols is 1. The minimum absolute atomic E-state index is 0.0120. The molecule has 22 heavy (non-hydrogen) atoms.